The van der Waals surface area contributed by atoms with Crippen LogP contribution in [0.5, 0.6) is 5.75 Å². The summed E-state index contributed by atoms with van der Waals surface area (Å²) in [7, 11) is 0. The second kappa shape index (κ2) is 8.56. The second-order valence-electron chi connectivity index (χ2n) is 6.08. The van der Waals surface area contributed by atoms with Crippen LogP contribution >= 0.6 is 11.6 Å². The van der Waals surface area contributed by atoms with Gasteiger partial charge in [0, 0.05) is 28.3 Å². The van der Waals surface area contributed by atoms with Crippen molar-refractivity contribution in [2.75, 3.05) is 6.61 Å². The molecule has 0 fully saturated rings. The quantitative estimate of drug-likeness (QED) is 0.341. The molecule has 0 aliphatic heterocycles. The van der Waals surface area contributed by atoms with Gasteiger partial charge in [0.1, 0.15) is 5.75 Å². The van der Waals surface area contributed by atoms with E-state index in [0.717, 1.165) is 27.6 Å². The Kier molecular flexibility index (Phi) is 5.94. The van der Waals surface area contributed by atoms with Crippen LogP contribution in [0.15, 0.2) is 60.7 Å². The number of carbonyl (C=O) groups excluding carboxylic acids is 1. The molecule has 0 amide bonds. The van der Waals surface area contributed by atoms with E-state index in [4.69, 9.17) is 16.3 Å². The molecule has 0 spiro atoms. The lowest BCUT2D eigenvalue weighted by Gasteiger charge is -2.10. The van der Waals surface area contributed by atoms with Gasteiger partial charge < -0.3 is 4.74 Å². The minimum atomic E-state index is -0.333. The third-order valence-corrected chi connectivity index (χ3v) is 4.24. The monoisotopic (exact) mass is 362 g/mol. The van der Waals surface area contributed by atoms with E-state index in [2.05, 4.69) is 30.9 Å². The highest BCUT2D eigenvalue weighted by Gasteiger charge is 2.06. The normalized spacial score (nSPS) is 10.2. The molecule has 0 radical (unpaired) electrons. The van der Waals surface area contributed by atoms with E-state index in [9.17, 15) is 4.79 Å². The maximum absolute atomic E-state index is 10.8. The first-order valence-electron chi connectivity index (χ1n) is 8.55. The van der Waals surface area contributed by atoms with Gasteiger partial charge in [0.05, 0.1) is 6.61 Å². The fourth-order valence-corrected chi connectivity index (χ4v) is 2.81. The van der Waals surface area contributed by atoms with Crippen molar-refractivity contribution in [1.29, 1.82) is 0 Å². The first kappa shape index (κ1) is 18.0. The highest BCUT2D eigenvalue weighted by molar-refractivity contribution is 6.63. The molecular weight excluding hydrogens is 344 g/mol. The summed E-state index contributed by atoms with van der Waals surface area (Å²) in [6.07, 6.45) is 0.922. The number of hydrogen-bond donors (Lipinski definition) is 0. The molecule has 0 N–H and O–H groups in total. The van der Waals surface area contributed by atoms with Gasteiger partial charge in [-0.05, 0) is 49.2 Å². The molecule has 3 aromatic carbocycles. The van der Waals surface area contributed by atoms with E-state index in [1.165, 1.54) is 5.56 Å². The lowest BCUT2D eigenvalue weighted by Crippen LogP contribution is -2.00. The van der Waals surface area contributed by atoms with Crippen LogP contribution < -0.4 is 4.74 Å². The summed E-state index contributed by atoms with van der Waals surface area (Å²) < 4.78 is 5.84. The van der Waals surface area contributed by atoms with Crippen LogP contribution in [0.4, 0.5) is 0 Å². The van der Waals surface area contributed by atoms with E-state index in [-0.39, 0.29) is 5.24 Å². The lowest BCUT2D eigenvalue weighted by atomic mass is 10.0. The van der Waals surface area contributed by atoms with Gasteiger partial charge in [0.25, 0.3) is 0 Å². The molecule has 2 nitrogen and oxygen atoms in total. The van der Waals surface area contributed by atoms with Crippen molar-refractivity contribution in [2.45, 2.75) is 19.8 Å². The van der Waals surface area contributed by atoms with E-state index in [1.54, 1.807) is 0 Å². The van der Waals surface area contributed by atoms with Gasteiger partial charge >= 0.3 is 0 Å². The molecular formula is C23H19ClO2. The number of halogens is 1. The molecule has 0 saturated heterocycles. The molecule has 26 heavy (non-hydrogen) atoms. The summed E-state index contributed by atoms with van der Waals surface area (Å²) in [6, 6.07) is 20.1. The van der Waals surface area contributed by atoms with Crippen molar-refractivity contribution in [1.82, 2.24) is 0 Å². The summed E-state index contributed by atoms with van der Waals surface area (Å²) in [5, 5.41) is 1.73. The molecule has 0 unspecified atom stereocenters. The summed E-state index contributed by atoms with van der Waals surface area (Å²) in [5.41, 5.74) is 3.17. The molecule has 0 atom stereocenters. The highest BCUT2D eigenvalue weighted by atomic mass is 35.5. The van der Waals surface area contributed by atoms with Gasteiger partial charge in [-0.2, -0.15) is 0 Å². The minimum Gasteiger partial charge on any atom is -0.493 e. The molecule has 3 rings (SSSR count). The average molecular weight is 363 g/mol. The predicted octanol–water partition coefficient (Wildman–Crippen LogP) is 5.47. The molecule has 0 bridgehead atoms. The maximum atomic E-state index is 10.8. The Labute approximate surface area is 158 Å². The number of rotatable bonds is 5. The van der Waals surface area contributed by atoms with Crippen molar-refractivity contribution in [3.63, 3.8) is 0 Å². The summed E-state index contributed by atoms with van der Waals surface area (Å²) >= 11 is 5.36. The number of ether oxygens (including phenoxy) is 1. The van der Waals surface area contributed by atoms with Crippen LogP contribution in [-0.4, -0.2) is 11.8 Å². The van der Waals surface area contributed by atoms with E-state index in [0.29, 0.717) is 19.4 Å². The van der Waals surface area contributed by atoms with E-state index < -0.39 is 0 Å². The molecule has 3 heteroatoms. The lowest BCUT2D eigenvalue weighted by molar-refractivity contribution is -0.111. The third kappa shape index (κ3) is 4.65. The molecule has 3 aromatic rings. The van der Waals surface area contributed by atoms with Gasteiger partial charge in [-0.3, -0.25) is 4.79 Å². The Morgan fingerprint density at radius 1 is 0.962 bits per heavy atom. The van der Waals surface area contributed by atoms with Gasteiger partial charge in [-0.15, -0.1) is 0 Å². The molecule has 130 valence electrons. The first-order valence-corrected chi connectivity index (χ1v) is 8.93. The standard InChI is InChI=1S/C23H19ClO2/c1-17-8-10-18(11-9-17)12-13-19-14-15-22(26-16-4-7-23(24)25)21-6-3-2-5-20(19)21/h2-3,5-6,8-11,14-15H,4,7,16H2,1H3. The highest BCUT2D eigenvalue weighted by Crippen LogP contribution is 2.28. The van der Waals surface area contributed by atoms with E-state index >= 15 is 0 Å². The molecule has 0 aliphatic rings. The van der Waals surface area contributed by atoms with Gasteiger partial charge in [0.15, 0.2) is 0 Å². The Balaban J connectivity index is 1.86. The van der Waals surface area contributed by atoms with Crippen LogP contribution in [0.3, 0.4) is 0 Å². The van der Waals surface area contributed by atoms with E-state index in [1.807, 2.05) is 48.5 Å². The van der Waals surface area contributed by atoms with Crippen molar-refractivity contribution < 1.29 is 9.53 Å². The average Bonchev–Trinajstić information content (AvgIpc) is 2.65. The smallest absolute Gasteiger partial charge is 0.221 e. The Morgan fingerprint density at radius 3 is 2.42 bits per heavy atom. The number of fused-ring (bicyclic) bond motifs is 1. The fraction of sp³-hybridized carbons (Fsp3) is 0.174. The topological polar surface area (TPSA) is 26.3 Å². The molecule has 0 saturated carbocycles. The van der Waals surface area contributed by atoms with Crippen molar-refractivity contribution in [3.8, 4) is 17.6 Å². The van der Waals surface area contributed by atoms with Gasteiger partial charge in [0.2, 0.25) is 5.24 Å². The van der Waals surface area contributed by atoms with Crippen LogP contribution in [0, 0.1) is 18.8 Å². The van der Waals surface area contributed by atoms with Crippen LogP contribution in [0.25, 0.3) is 10.8 Å². The zero-order valence-corrected chi connectivity index (χ0v) is 15.3. The molecule has 0 aliphatic carbocycles. The summed E-state index contributed by atoms with van der Waals surface area (Å²) in [5.74, 6) is 7.28. The largest absolute Gasteiger partial charge is 0.493 e. The summed E-state index contributed by atoms with van der Waals surface area (Å²) in [6.45, 7) is 2.52. The number of hydrogen-bond acceptors (Lipinski definition) is 2. The SMILES string of the molecule is Cc1ccc(C#Cc2ccc(OCCCC(=O)Cl)c3ccccc23)cc1. The number of carbonyl (C=O) groups is 1. The van der Waals surface area contributed by atoms with Crippen LogP contribution in [0.2, 0.25) is 0 Å². The molecule has 0 aromatic heterocycles. The Bertz CT molecular complexity index is 979. The second-order valence-corrected chi connectivity index (χ2v) is 6.50. The van der Waals surface area contributed by atoms with Crippen molar-refractivity contribution >= 4 is 27.6 Å². The van der Waals surface area contributed by atoms with Crippen LogP contribution in [-0.2, 0) is 4.79 Å². The number of benzene rings is 3. The zero-order chi connectivity index (χ0) is 18.4. The van der Waals surface area contributed by atoms with Crippen LogP contribution in [0.1, 0.15) is 29.5 Å². The van der Waals surface area contributed by atoms with Gasteiger partial charge in [-0.25, -0.2) is 0 Å². The Hall–Kier alpha value is -2.76. The van der Waals surface area contributed by atoms with Crippen molar-refractivity contribution in [2.24, 2.45) is 0 Å². The maximum Gasteiger partial charge on any atom is 0.221 e. The summed E-state index contributed by atoms with van der Waals surface area (Å²) in [4.78, 5) is 10.8. The Morgan fingerprint density at radius 2 is 1.69 bits per heavy atom. The fourth-order valence-electron chi connectivity index (χ4n) is 2.68. The zero-order valence-electron chi connectivity index (χ0n) is 14.6. The third-order valence-electron chi connectivity index (χ3n) is 4.05. The minimum absolute atomic E-state index is 0.319. The number of aryl methyl sites for hydroxylation is 1. The van der Waals surface area contributed by atoms with Crippen molar-refractivity contribution in [3.05, 3.63) is 77.4 Å². The van der Waals surface area contributed by atoms with Gasteiger partial charge in [-0.1, -0.05) is 53.8 Å². The predicted molar refractivity (Wildman–Crippen MR) is 107 cm³/mol. The first-order chi connectivity index (χ1) is 12.6. The molecule has 0 heterocycles.